The number of thiazole rings is 1. The highest BCUT2D eigenvalue weighted by molar-refractivity contribution is 7.15. The van der Waals surface area contributed by atoms with Crippen molar-refractivity contribution in [3.05, 3.63) is 47.0 Å². The van der Waals surface area contributed by atoms with Crippen molar-refractivity contribution >= 4 is 16.5 Å². The van der Waals surface area contributed by atoms with Crippen LogP contribution in [-0.2, 0) is 13.0 Å². The fourth-order valence-electron chi connectivity index (χ4n) is 1.71. The molecular weight excluding hydrogens is 230 g/mol. The van der Waals surface area contributed by atoms with Crippen LogP contribution in [0.1, 0.15) is 10.4 Å². The SMILES string of the molecule is CN(CCc1ccccc1)Cc1cnc(N)s1. The highest BCUT2D eigenvalue weighted by Gasteiger charge is 2.03. The maximum absolute atomic E-state index is 5.61. The number of nitrogen functional groups attached to an aromatic ring is 1. The highest BCUT2D eigenvalue weighted by Crippen LogP contribution is 2.16. The molecule has 0 radical (unpaired) electrons. The van der Waals surface area contributed by atoms with E-state index >= 15 is 0 Å². The molecule has 4 heteroatoms. The van der Waals surface area contributed by atoms with Gasteiger partial charge in [-0.25, -0.2) is 4.98 Å². The molecule has 17 heavy (non-hydrogen) atoms. The average Bonchev–Trinajstić information content (AvgIpc) is 2.73. The van der Waals surface area contributed by atoms with Gasteiger partial charge in [0, 0.05) is 24.2 Å². The normalized spacial score (nSPS) is 10.9. The van der Waals surface area contributed by atoms with Gasteiger partial charge in [0.25, 0.3) is 0 Å². The molecule has 3 nitrogen and oxygen atoms in total. The summed E-state index contributed by atoms with van der Waals surface area (Å²) in [5, 5.41) is 0.649. The minimum Gasteiger partial charge on any atom is -0.375 e. The van der Waals surface area contributed by atoms with Crippen molar-refractivity contribution < 1.29 is 0 Å². The molecule has 0 amide bonds. The Morgan fingerprint density at radius 3 is 2.71 bits per heavy atom. The van der Waals surface area contributed by atoms with E-state index < -0.39 is 0 Å². The van der Waals surface area contributed by atoms with Crippen LogP contribution in [0, 0.1) is 0 Å². The molecule has 1 aromatic heterocycles. The van der Waals surface area contributed by atoms with Crippen LogP contribution in [0.3, 0.4) is 0 Å². The van der Waals surface area contributed by atoms with Gasteiger partial charge < -0.3 is 10.6 Å². The third-order valence-corrected chi connectivity index (χ3v) is 3.43. The zero-order valence-electron chi connectivity index (χ0n) is 9.97. The molecule has 0 saturated heterocycles. The molecule has 2 aromatic rings. The fourth-order valence-corrected chi connectivity index (χ4v) is 2.47. The van der Waals surface area contributed by atoms with Crippen LogP contribution in [-0.4, -0.2) is 23.5 Å². The summed E-state index contributed by atoms with van der Waals surface area (Å²) in [6, 6.07) is 10.5. The molecule has 0 saturated carbocycles. The van der Waals surface area contributed by atoms with Gasteiger partial charge in [0.2, 0.25) is 0 Å². The fraction of sp³-hybridized carbons (Fsp3) is 0.308. The van der Waals surface area contributed by atoms with E-state index in [0.717, 1.165) is 19.5 Å². The van der Waals surface area contributed by atoms with Gasteiger partial charge in [-0.2, -0.15) is 0 Å². The van der Waals surface area contributed by atoms with Crippen LogP contribution >= 0.6 is 11.3 Å². The third-order valence-electron chi connectivity index (χ3n) is 2.62. The lowest BCUT2D eigenvalue weighted by atomic mass is 10.1. The summed E-state index contributed by atoms with van der Waals surface area (Å²) >= 11 is 1.56. The van der Waals surface area contributed by atoms with Gasteiger partial charge in [-0.15, -0.1) is 11.3 Å². The molecule has 0 atom stereocenters. The number of likely N-dealkylation sites (N-methyl/N-ethyl adjacent to an activating group) is 1. The molecule has 2 rings (SSSR count). The van der Waals surface area contributed by atoms with E-state index in [9.17, 15) is 0 Å². The molecule has 0 aliphatic rings. The molecule has 0 aliphatic carbocycles. The van der Waals surface area contributed by atoms with E-state index in [1.54, 1.807) is 11.3 Å². The Morgan fingerprint density at radius 1 is 1.29 bits per heavy atom. The summed E-state index contributed by atoms with van der Waals surface area (Å²) in [6.07, 6.45) is 2.94. The Morgan fingerprint density at radius 2 is 2.06 bits per heavy atom. The second-order valence-electron chi connectivity index (χ2n) is 4.14. The van der Waals surface area contributed by atoms with E-state index in [2.05, 4.69) is 41.2 Å². The maximum Gasteiger partial charge on any atom is 0.180 e. The molecule has 0 aliphatic heterocycles. The van der Waals surface area contributed by atoms with Crippen LogP contribution in [0.4, 0.5) is 5.13 Å². The molecule has 0 spiro atoms. The summed E-state index contributed by atoms with van der Waals surface area (Å²) in [5.74, 6) is 0. The number of nitrogens with two attached hydrogens (primary N) is 1. The van der Waals surface area contributed by atoms with Gasteiger partial charge in [0.1, 0.15) is 0 Å². The topological polar surface area (TPSA) is 42.2 Å². The van der Waals surface area contributed by atoms with Crippen molar-refractivity contribution in [2.24, 2.45) is 0 Å². The Hall–Kier alpha value is -1.39. The Labute approximate surface area is 106 Å². The predicted molar refractivity (Wildman–Crippen MR) is 73.0 cm³/mol. The first-order chi connectivity index (χ1) is 8.24. The Balaban J connectivity index is 1.80. The van der Waals surface area contributed by atoms with E-state index in [0.29, 0.717) is 5.13 Å². The number of aromatic nitrogens is 1. The minimum absolute atomic E-state index is 0.649. The lowest BCUT2D eigenvalue weighted by Gasteiger charge is -2.15. The molecular formula is C13H17N3S. The molecule has 0 unspecified atom stereocenters. The van der Waals surface area contributed by atoms with Gasteiger partial charge >= 0.3 is 0 Å². The molecule has 1 aromatic carbocycles. The first-order valence-corrected chi connectivity index (χ1v) is 6.48. The Bertz CT molecular complexity index is 453. The summed E-state index contributed by atoms with van der Waals surface area (Å²) in [7, 11) is 2.12. The predicted octanol–water partition coefficient (Wildman–Crippen LogP) is 2.40. The molecule has 1 heterocycles. The average molecular weight is 247 g/mol. The van der Waals surface area contributed by atoms with E-state index in [-0.39, 0.29) is 0 Å². The highest BCUT2D eigenvalue weighted by atomic mass is 32.1. The van der Waals surface area contributed by atoms with Crippen LogP contribution in [0.5, 0.6) is 0 Å². The Kier molecular flexibility index (Phi) is 4.12. The second kappa shape index (κ2) is 5.80. The van der Waals surface area contributed by atoms with Gasteiger partial charge in [0.05, 0.1) is 0 Å². The molecule has 90 valence electrons. The standard InChI is InChI=1S/C13H17N3S/c1-16(10-12-9-15-13(14)17-12)8-7-11-5-3-2-4-6-11/h2-6,9H,7-8,10H2,1H3,(H2,14,15). The summed E-state index contributed by atoms with van der Waals surface area (Å²) in [5.41, 5.74) is 6.99. The van der Waals surface area contributed by atoms with E-state index in [4.69, 9.17) is 5.73 Å². The van der Waals surface area contributed by atoms with Gasteiger partial charge in [-0.1, -0.05) is 30.3 Å². The number of nitrogens with zero attached hydrogens (tertiary/aromatic N) is 2. The lowest BCUT2D eigenvalue weighted by molar-refractivity contribution is 0.334. The quantitative estimate of drug-likeness (QED) is 0.882. The second-order valence-corrected chi connectivity index (χ2v) is 5.28. The zero-order valence-corrected chi connectivity index (χ0v) is 10.8. The van der Waals surface area contributed by atoms with Crippen molar-refractivity contribution in [3.63, 3.8) is 0 Å². The molecule has 2 N–H and O–H groups in total. The van der Waals surface area contributed by atoms with Crippen molar-refractivity contribution in [1.29, 1.82) is 0 Å². The van der Waals surface area contributed by atoms with Crippen molar-refractivity contribution in [1.82, 2.24) is 9.88 Å². The van der Waals surface area contributed by atoms with E-state index in [1.807, 2.05) is 12.3 Å². The van der Waals surface area contributed by atoms with Crippen LogP contribution in [0.2, 0.25) is 0 Å². The zero-order chi connectivity index (χ0) is 12.1. The summed E-state index contributed by atoms with van der Waals surface area (Å²) in [4.78, 5) is 7.57. The number of hydrogen-bond acceptors (Lipinski definition) is 4. The van der Waals surface area contributed by atoms with Crippen molar-refractivity contribution in [2.75, 3.05) is 19.3 Å². The summed E-state index contributed by atoms with van der Waals surface area (Å²) in [6.45, 7) is 1.96. The van der Waals surface area contributed by atoms with Gasteiger partial charge in [-0.3, -0.25) is 0 Å². The minimum atomic E-state index is 0.649. The number of hydrogen-bond donors (Lipinski definition) is 1. The molecule has 0 fully saturated rings. The van der Waals surface area contributed by atoms with Crippen LogP contribution < -0.4 is 5.73 Å². The molecule has 0 bridgehead atoms. The number of rotatable bonds is 5. The number of anilines is 1. The number of benzene rings is 1. The third kappa shape index (κ3) is 3.84. The smallest absolute Gasteiger partial charge is 0.180 e. The van der Waals surface area contributed by atoms with Crippen molar-refractivity contribution in [2.45, 2.75) is 13.0 Å². The van der Waals surface area contributed by atoms with Gasteiger partial charge in [-0.05, 0) is 19.0 Å². The van der Waals surface area contributed by atoms with E-state index in [1.165, 1.54) is 10.4 Å². The van der Waals surface area contributed by atoms with Crippen LogP contribution in [0.25, 0.3) is 0 Å². The van der Waals surface area contributed by atoms with Gasteiger partial charge in [0.15, 0.2) is 5.13 Å². The maximum atomic E-state index is 5.61. The monoisotopic (exact) mass is 247 g/mol. The summed E-state index contributed by atoms with van der Waals surface area (Å²) < 4.78 is 0. The largest absolute Gasteiger partial charge is 0.375 e. The first kappa shape index (κ1) is 12.1. The lowest BCUT2D eigenvalue weighted by Crippen LogP contribution is -2.20. The van der Waals surface area contributed by atoms with Crippen molar-refractivity contribution in [3.8, 4) is 0 Å². The first-order valence-electron chi connectivity index (χ1n) is 5.66. The van der Waals surface area contributed by atoms with Crippen LogP contribution in [0.15, 0.2) is 36.5 Å².